The van der Waals surface area contributed by atoms with Crippen LogP contribution in [0.2, 0.25) is 0 Å². The summed E-state index contributed by atoms with van der Waals surface area (Å²) in [5.41, 5.74) is 2.61. The van der Waals surface area contributed by atoms with Crippen LogP contribution in [0.3, 0.4) is 0 Å². The summed E-state index contributed by atoms with van der Waals surface area (Å²) in [6, 6.07) is 13.8. The lowest BCUT2D eigenvalue weighted by Crippen LogP contribution is -2.48. The second-order valence-corrected chi connectivity index (χ2v) is 9.55. The molecule has 2 saturated heterocycles. The van der Waals surface area contributed by atoms with E-state index in [1.54, 1.807) is 23.5 Å². The number of halogens is 1. The molecule has 2 aliphatic rings. The van der Waals surface area contributed by atoms with Crippen LogP contribution in [0.4, 0.5) is 4.39 Å². The predicted molar refractivity (Wildman–Crippen MR) is 130 cm³/mol. The first kappa shape index (κ1) is 23.0. The molecule has 0 bridgehead atoms. The van der Waals surface area contributed by atoms with Gasteiger partial charge in [-0.15, -0.1) is 11.3 Å². The summed E-state index contributed by atoms with van der Waals surface area (Å²) in [4.78, 5) is 21.9. The van der Waals surface area contributed by atoms with Gasteiger partial charge in [-0.1, -0.05) is 0 Å². The molecule has 2 fully saturated rings. The van der Waals surface area contributed by atoms with Crippen molar-refractivity contribution in [2.45, 2.75) is 25.5 Å². The Bertz CT molecular complexity index is 1090. The minimum atomic E-state index is -0.244. The average Bonchev–Trinajstić information content (AvgIpc) is 3.56. The van der Waals surface area contributed by atoms with Gasteiger partial charge in [0.15, 0.2) is 0 Å². The Balaban J connectivity index is 1.09. The van der Waals surface area contributed by atoms with Gasteiger partial charge in [0.05, 0.1) is 11.8 Å². The maximum absolute atomic E-state index is 13.2. The van der Waals surface area contributed by atoms with E-state index in [9.17, 15) is 9.18 Å². The van der Waals surface area contributed by atoms with Crippen molar-refractivity contribution in [3.8, 4) is 16.3 Å². The molecule has 0 spiro atoms. The number of carbonyl (C=O) groups excluding carboxylic acids is 1. The zero-order valence-corrected chi connectivity index (χ0v) is 19.8. The zero-order chi connectivity index (χ0) is 23.3. The van der Waals surface area contributed by atoms with Crippen LogP contribution in [-0.4, -0.2) is 66.2 Å². The van der Waals surface area contributed by atoms with Crippen molar-refractivity contribution in [3.05, 3.63) is 71.0 Å². The molecular weight excluding hydrogens is 453 g/mol. The van der Waals surface area contributed by atoms with Crippen molar-refractivity contribution in [2.75, 3.05) is 39.4 Å². The summed E-state index contributed by atoms with van der Waals surface area (Å²) in [5.74, 6) is 0.573. The highest BCUT2D eigenvalue weighted by Gasteiger charge is 2.23. The minimum Gasteiger partial charge on any atom is -0.491 e. The predicted octanol–water partition coefficient (Wildman–Crippen LogP) is 4.47. The number of ether oxygens (including phenoxy) is 2. The molecule has 3 heterocycles. The molecule has 0 saturated carbocycles. The topological polar surface area (TPSA) is 54.9 Å². The van der Waals surface area contributed by atoms with Crippen molar-refractivity contribution in [3.63, 3.8) is 0 Å². The van der Waals surface area contributed by atoms with E-state index >= 15 is 0 Å². The van der Waals surface area contributed by atoms with Gasteiger partial charge in [-0.3, -0.25) is 9.69 Å². The SMILES string of the molecule is O=C(c1ccc(OC[C@@H]2CCCO2)cc1)N1CCN(Cc2csc(-c3ccc(F)cc3)n2)CC1. The summed E-state index contributed by atoms with van der Waals surface area (Å²) >= 11 is 1.57. The Morgan fingerprint density at radius 3 is 2.56 bits per heavy atom. The monoisotopic (exact) mass is 481 g/mol. The van der Waals surface area contributed by atoms with Crippen molar-refractivity contribution in [1.29, 1.82) is 0 Å². The van der Waals surface area contributed by atoms with E-state index in [4.69, 9.17) is 14.5 Å². The van der Waals surface area contributed by atoms with Crippen LogP contribution < -0.4 is 4.74 Å². The number of amides is 1. The molecule has 6 nitrogen and oxygen atoms in total. The van der Waals surface area contributed by atoms with E-state index in [0.29, 0.717) is 25.3 Å². The molecule has 3 aromatic rings. The van der Waals surface area contributed by atoms with Gasteiger partial charge in [0.25, 0.3) is 5.91 Å². The summed E-state index contributed by atoms with van der Waals surface area (Å²) < 4.78 is 24.5. The van der Waals surface area contributed by atoms with E-state index in [1.807, 2.05) is 29.2 Å². The molecule has 0 unspecified atom stereocenters. The Kier molecular flexibility index (Phi) is 7.18. The van der Waals surface area contributed by atoms with Gasteiger partial charge in [-0.05, 0) is 61.4 Å². The van der Waals surface area contributed by atoms with Crippen LogP contribution in [0, 0.1) is 5.82 Å². The van der Waals surface area contributed by atoms with Gasteiger partial charge in [0.2, 0.25) is 0 Å². The first-order valence-electron chi connectivity index (χ1n) is 11.7. The third-order valence-corrected chi connectivity index (χ3v) is 7.19. The Labute approximate surface area is 202 Å². The number of hydrogen-bond donors (Lipinski definition) is 0. The molecule has 1 amide bonds. The first-order valence-corrected chi connectivity index (χ1v) is 12.6. The molecule has 178 valence electrons. The molecule has 2 aliphatic heterocycles. The molecule has 1 aromatic heterocycles. The number of nitrogens with zero attached hydrogens (tertiary/aromatic N) is 3. The largest absolute Gasteiger partial charge is 0.491 e. The number of thiazole rings is 1. The number of aromatic nitrogens is 1. The second kappa shape index (κ2) is 10.6. The van der Waals surface area contributed by atoms with E-state index in [-0.39, 0.29) is 17.8 Å². The third-order valence-electron chi connectivity index (χ3n) is 6.25. The molecule has 0 N–H and O–H groups in total. The second-order valence-electron chi connectivity index (χ2n) is 8.69. The van der Waals surface area contributed by atoms with Gasteiger partial charge in [-0.2, -0.15) is 0 Å². The first-order chi connectivity index (χ1) is 16.6. The average molecular weight is 482 g/mol. The van der Waals surface area contributed by atoms with Crippen LogP contribution in [-0.2, 0) is 11.3 Å². The molecule has 0 radical (unpaired) electrons. The number of benzene rings is 2. The number of hydrogen-bond acceptors (Lipinski definition) is 6. The third kappa shape index (κ3) is 5.63. The number of carbonyl (C=O) groups is 1. The maximum Gasteiger partial charge on any atom is 0.253 e. The highest BCUT2D eigenvalue weighted by molar-refractivity contribution is 7.13. The Morgan fingerprint density at radius 1 is 1.09 bits per heavy atom. The molecule has 2 aromatic carbocycles. The van der Waals surface area contributed by atoms with Gasteiger partial charge in [-0.25, -0.2) is 9.37 Å². The highest BCUT2D eigenvalue weighted by atomic mass is 32.1. The van der Waals surface area contributed by atoms with Crippen molar-refractivity contribution in [1.82, 2.24) is 14.8 Å². The standard InChI is InChI=1S/C26H28FN3O3S/c27-21-7-3-19(4-8-21)25-28-22(18-34-25)16-29-11-13-30(14-12-29)26(31)20-5-9-23(10-6-20)33-17-24-2-1-15-32-24/h3-10,18,24H,1-2,11-17H2/t24-/m0/s1. The van der Waals surface area contributed by atoms with Crippen LogP contribution in [0.1, 0.15) is 28.9 Å². The Hall–Kier alpha value is -2.81. The fourth-order valence-electron chi connectivity index (χ4n) is 4.28. The van der Waals surface area contributed by atoms with Crippen LogP contribution in [0.25, 0.3) is 10.6 Å². The van der Waals surface area contributed by atoms with Crippen molar-refractivity contribution >= 4 is 17.2 Å². The molecule has 34 heavy (non-hydrogen) atoms. The molecular formula is C26H28FN3O3S. The lowest BCUT2D eigenvalue weighted by Gasteiger charge is -2.34. The summed E-state index contributed by atoms with van der Waals surface area (Å²) in [7, 11) is 0. The quantitative estimate of drug-likeness (QED) is 0.499. The fourth-order valence-corrected chi connectivity index (χ4v) is 5.10. The molecule has 8 heteroatoms. The van der Waals surface area contributed by atoms with Gasteiger partial charge in [0.1, 0.15) is 23.2 Å². The zero-order valence-electron chi connectivity index (χ0n) is 19.0. The Morgan fingerprint density at radius 2 is 1.85 bits per heavy atom. The van der Waals surface area contributed by atoms with Gasteiger partial charge < -0.3 is 14.4 Å². The van der Waals surface area contributed by atoms with Gasteiger partial charge >= 0.3 is 0 Å². The van der Waals surface area contributed by atoms with Crippen molar-refractivity contribution < 1.29 is 18.7 Å². The minimum absolute atomic E-state index is 0.0533. The normalized spacial score (nSPS) is 18.9. The summed E-state index contributed by atoms with van der Waals surface area (Å²) in [6.45, 7) is 5.09. The molecule has 0 aliphatic carbocycles. The van der Waals surface area contributed by atoms with E-state index in [0.717, 1.165) is 61.1 Å². The van der Waals surface area contributed by atoms with E-state index in [1.165, 1.54) is 12.1 Å². The van der Waals surface area contributed by atoms with Gasteiger partial charge in [0, 0.05) is 55.8 Å². The van der Waals surface area contributed by atoms with Crippen molar-refractivity contribution in [2.24, 2.45) is 0 Å². The summed E-state index contributed by atoms with van der Waals surface area (Å²) in [6.07, 6.45) is 2.31. The van der Waals surface area contributed by atoms with Crippen LogP contribution in [0.5, 0.6) is 5.75 Å². The summed E-state index contributed by atoms with van der Waals surface area (Å²) in [5, 5.41) is 2.95. The van der Waals surface area contributed by atoms with Crippen LogP contribution >= 0.6 is 11.3 Å². The maximum atomic E-state index is 13.2. The smallest absolute Gasteiger partial charge is 0.253 e. The fraction of sp³-hybridized carbons (Fsp3) is 0.385. The van der Waals surface area contributed by atoms with E-state index < -0.39 is 0 Å². The van der Waals surface area contributed by atoms with E-state index in [2.05, 4.69) is 10.3 Å². The number of piperazine rings is 1. The van der Waals surface area contributed by atoms with Crippen LogP contribution in [0.15, 0.2) is 53.9 Å². The number of rotatable bonds is 7. The molecule has 5 rings (SSSR count). The molecule has 1 atom stereocenters. The highest BCUT2D eigenvalue weighted by Crippen LogP contribution is 2.25. The lowest BCUT2D eigenvalue weighted by atomic mass is 10.1. The lowest BCUT2D eigenvalue weighted by molar-refractivity contribution is 0.0626.